The summed E-state index contributed by atoms with van der Waals surface area (Å²) in [5.74, 6) is 0.118. The average Bonchev–Trinajstić information content (AvgIpc) is 3.44. The van der Waals surface area contributed by atoms with Crippen LogP contribution in [0.5, 0.6) is 0 Å². The van der Waals surface area contributed by atoms with Crippen LogP contribution in [-0.4, -0.2) is 16.8 Å². The molecule has 0 aliphatic heterocycles. The maximum Gasteiger partial charge on any atom is 0.251 e. The normalized spacial score (nSPS) is 17.3. The van der Waals surface area contributed by atoms with Crippen LogP contribution >= 0.6 is 11.3 Å². The summed E-state index contributed by atoms with van der Waals surface area (Å²) >= 11 is 1.62. The molecule has 31 heavy (non-hydrogen) atoms. The van der Waals surface area contributed by atoms with E-state index in [9.17, 15) is 9.59 Å². The number of thiophene rings is 1. The minimum absolute atomic E-state index is 0.0355. The quantitative estimate of drug-likeness (QED) is 0.456. The molecule has 154 valence electrons. The summed E-state index contributed by atoms with van der Waals surface area (Å²) in [6.07, 6.45) is 4.38. The smallest absolute Gasteiger partial charge is 0.251 e. The van der Waals surface area contributed by atoms with Crippen molar-refractivity contribution in [3.8, 4) is 0 Å². The molecule has 2 heterocycles. The Labute approximate surface area is 184 Å². The number of anilines is 1. The van der Waals surface area contributed by atoms with Gasteiger partial charge in [0.25, 0.3) is 5.91 Å². The lowest BCUT2D eigenvalue weighted by Crippen LogP contribution is -2.22. The van der Waals surface area contributed by atoms with E-state index in [0.717, 1.165) is 33.3 Å². The molecule has 4 aromatic rings. The van der Waals surface area contributed by atoms with Crippen LogP contribution in [0.4, 0.5) is 5.69 Å². The molecule has 0 saturated heterocycles. The molecule has 6 heteroatoms. The third-order valence-electron chi connectivity index (χ3n) is 5.64. The van der Waals surface area contributed by atoms with Crippen molar-refractivity contribution >= 4 is 39.6 Å². The summed E-state index contributed by atoms with van der Waals surface area (Å²) in [5.41, 5.74) is 2.53. The van der Waals surface area contributed by atoms with Gasteiger partial charge in [0.05, 0.1) is 6.54 Å². The largest absolute Gasteiger partial charge is 0.347 e. The van der Waals surface area contributed by atoms with Crippen LogP contribution in [0.15, 0.2) is 78.4 Å². The van der Waals surface area contributed by atoms with Gasteiger partial charge in [0, 0.05) is 39.8 Å². The van der Waals surface area contributed by atoms with E-state index in [-0.39, 0.29) is 23.7 Å². The molecule has 5 nitrogen and oxygen atoms in total. The van der Waals surface area contributed by atoms with E-state index in [1.165, 1.54) is 0 Å². The number of carbonyl (C=O) groups is 2. The molecule has 5 rings (SSSR count). The Bertz CT molecular complexity index is 1240. The highest BCUT2D eigenvalue weighted by atomic mass is 32.1. The van der Waals surface area contributed by atoms with Gasteiger partial charge in [-0.25, -0.2) is 0 Å². The van der Waals surface area contributed by atoms with Crippen molar-refractivity contribution in [1.29, 1.82) is 0 Å². The Hall–Kier alpha value is -3.51. The lowest BCUT2D eigenvalue weighted by atomic mass is 10.1. The molecule has 2 aromatic carbocycles. The number of hydrogen-bond acceptors (Lipinski definition) is 4. The molecule has 2 amide bonds. The summed E-state index contributed by atoms with van der Waals surface area (Å²) in [7, 11) is 0. The molecule has 2 unspecified atom stereocenters. The molecule has 2 atom stereocenters. The van der Waals surface area contributed by atoms with Gasteiger partial charge < -0.3 is 10.6 Å². The van der Waals surface area contributed by atoms with Crippen LogP contribution < -0.4 is 10.6 Å². The summed E-state index contributed by atoms with van der Waals surface area (Å²) in [6.45, 7) is 0.536. The minimum Gasteiger partial charge on any atom is -0.347 e. The van der Waals surface area contributed by atoms with Crippen molar-refractivity contribution < 1.29 is 9.59 Å². The molecule has 0 spiro atoms. The second-order valence-corrected chi connectivity index (χ2v) is 8.79. The maximum atomic E-state index is 12.7. The molecular weight excluding hydrogens is 406 g/mol. The molecule has 1 aliphatic carbocycles. The second-order valence-electron chi connectivity index (χ2n) is 7.76. The maximum absolute atomic E-state index is 12.7. The van der Waals surface area contributed by atoms with Crippen LogP contribution in [0.1, 0.15) is 33.1 Å². The van der Waals surface area contributed by atoms with Gasteiger partial charge in [0.15, 0.2) is 0 Å². The van der Waals surface area contributed by atoms with Crippen molar-refractivity contribution in [3.05, 3.63) is 94.4 Å². The van der Waals surface area contributed by atoms with Gasteiger partial charge in [-0.05, 0) is 65.1 Å². The van der Waals surface area contributed by atoms with Crippen molar-refractivity contribution in [3.63, 3.8) is 0 Å². The molecule has 0 bridgehead atoms. The van der Waals surface area contributed by atoms with E-state index in [1.54, 1.807) is 17.5 Å². The highest BCUT2D eigenvalue weighted by molar-refractivity contribution is 7.09. The number of nitrogens with one attached hydrogen (secondary N) is 2. The molecule has 2 aromatic heterocycles. The van der Waals surface area contributed by atoms with Gasteiger partial charge in [0.1, 0.15) is 0 Å². The van der Waals surface area contributed by atoms with Gasteiger partial charge in [-0.15, -0.1) is 11.3 Å². The number of benzene rings is 2. The van der Waals surface area contributed by atoms with Gasteiger partial charge in [-0.3, -0.25) is 14.6 Å². The highest BCUT2D eigenvalue weighted by Gasteiger charge is 2.43. The Kier molecular flexibility index (Phi) is 5.22. The van der Waals surface area contributed by atoms with Gasteiger partial charge >= 0.3 is 0 Å². The van der Waals surface area contributed by atoms with Crippen molar-refractivity contribution in [2.24, 2.45) is 5.92 Å². The lowest BCUT2D eigenvalue weighted by molar-refractivity contribution is -0.117. The van der Waals surface area contributed by atoms with Gasteiger partial charge in [-0.2, -0.15) is 0 Å². The molecule has 0 radical (unpaired) electrons. The number of amides is 2. The fraction of sp³-hybridized carbons (Fsp3) is 0.160. The third-order valence-corrected chi connectivity index (χ3v) is 6.52. The van der Waals surface area contributed by atoms with Crippen molar-refractivity contribution in [1.82, 2.24) is 10.3 Å². The molecular formula is C25H21N3O2S. The van der Waals surface area contributed by atoms with E-state index >= 15 is 0 Å². The Morgan fingerprint density at radius 3 is 2.71 bits per heavy atom. The first-order valence-electron chi connectivity index (χ1n) is 10.2. The molecule has 1 fully saturated rings. The number of fused-ring (bicyclic) bond motifs is 1. The van der Waals surface area contributed by atoms with E-state index in [1.807, 2.05) is 72.2 Å². The van der Waals surface area contributed by atoms with Crippen LogP contribution in [0, 0.1) is 5.92 Å². The fourth-order valence-electron chi connectivity index (χ4n) is 3.81. The zero-order valence-electron chi connectivity index (χ0n) is 16.7. The van der Waals surface area contributed by atoms with E-state index < -0.39 is 0 Å². The predicted octanol–water partition coefficient (Wildman–Crippen LogP) is 4.97. The average molecular weight is 428 g/mol. The van der Waals surface area contributed by atoms with Crippen molar-refractivity contribution in [2.45, 2.75) is 18.9 Å². The van der Waals surface area contributed by atoms with Crippen LogP contribution in [0.25, 0.3) is 10.8 Å². The Balaban J connectivity index is 1.18. The third kappa shape index (κ3) is 4.34. The van der Waals surface area contributed by atoms with E-state index in [2.05, 4.69) is 15.6 Å². The summed E-state index contributed by atoms with van der Waals surface area (Å²) in [6, 6.07) is 19.3. The van der Waals surface area contributed by atoms with Crippen LogP contribution in [-0.2, 0) is 11.3 Å². The Morgan fingerprint density at radius 1 is 1.03 bits per heavy atom. The zero-order chi connectivity index (χ0) is 21.2. The van der Waals surface area contributed by atoms with Crippen LogP contribution in [0.3, 0.4) is 0 Å². The van der Waals surface area contributed by atoms with Crippen molar-refractivity contribution in [2.75, 3.05) is 5.32 Å². The molecule has 1 aliphatic rings. The first kappa shape index (κ1) is 19.5. The van der Waals surface area contributed by atoms with Gasteiger partial charge in [-0.1, -0.05) is 24.3 Å². The number of hydrogen-bond donors (Lipinski definition) is 2. The first-order chi connectivity index (χ1) is 15.2. The zero-order valence-corrected chi connectivity index (χ0v) is 17.6. The summed E-state index contributed by atoms with van der Waals surface area (Å²) < 4.78 is 0. The fourth-order valence-corrected chi connectivity index (χ4v) is 4.46. The Morgan fingerprint density at radius 2 is 1.90 bits per heavy atom. The minimum atomic E-state index is -0.0865. The number of rotatable bonds is 6. The van der Waals surface area contributed by atoms with E-state index in [0.29, 0.717) is 12.1 Å². The van der Waals surface area contributed by atoms with Gasteiger partial charge in [0.2, 0.25) is 5.91 Å². The lowest BCUT2D eigenvalue weighted by Gasteiger charge is -2.07. The molecule has 1 saturated carbocycles. The predicted molar refractivity (Wildman–Crippen MR) is 123 cm³/mol. The number of nitrogens with zero attached hydrogens (tertiary/aromatic N) is 1. The summed E-state index contributed by atoms with van der Waals surface area (Å²) in [4.78, 5) is 30.2. The monoisotopic (exact) mass is 427 g/mol. The number of aromatic nitrogens is 1. The molecule has 2 N–H and O–H groups in total. The van der Waals surface area contributed by atoms with Crippen LogP contribution in [0.2, 0.25) is 0 Å². The second kappa shape index (κ2) is 8.32. The SMILES string of the molecule is O=C(NCc1cccs1)c1ccc(C2CC2C(=O)Nc2ccc3cnccc3c2)cc1. The standard InChI is InChI=1S/C25H21N3O2S/c29-24(27-15-21-2-1-11-31-21)17-5-3-16(4-6-17)22-13-23(22)25(30)28-20-8-7-19-14-26-10-9-18(19)12-20/h1-12,14,22-23H,13,15H2,(H,27,29)(H,28,30). The highest BCUT2D eigenvalue weighted by Crippen LogP contribution is 2.48. The number of pyridine rings is 1. The summed E-state index contributed by atoms with van der Waals surface area (Å²) in [5, 5.41) is 10.1. The first-order valence-corrected chi connectivity index (χ1v) is 11.1. The topological polar surface area (TPSA) is 71.1 Å². The number of carbonyl (C=O) groups excluding carboxylic acids is 2. The van der Waals surface area contributed by atoms with E-state index in [4.69, 9.17) is 0 Å².